The third kappa shape index (κ3) is 77.2. The largest absolute Gasteiger partial charge is 0.472 e. The van der Waals surface area contributed by atoms with Gasteiger partial charge < -0.3 is 33.8 Å². The Labute approximate surface area is 645 Å². The molecule has 0 fully saturated rings. The molecule has 624 valence electrons. The van der Waals surface area contributed by atoms with Crippen molar-refractivity contribution in [3.8, 4) is 0 Å². The summed E-state index contributed by atoms with van der Waals surface area (Å²) in [5.41, 5.74) is 0. The van der Waals surface area contributed by atoms with Crippen molar-refractivity contribution in [3.63, 3.8) is 0 Å². The van der Waals surface area contributed by atoms with Crippen molar-refractivity contribution >= 4 is 39.5 Å². The molecular weight excluding hydrogens is 1370 g/mol. The third-order valence-corrected chi connectivity index (χ3v) is 22.8. The molecule has 0 saturated carbocycles. The van der Waals surface area contributed by atoms with Gasteiger partial charge in [-0.25, -0.2) is 9.13 Å². The van der Waals surface area contributed by atoms with Gasteiger partial charge in [-0.05, 0) is 43.4 Å². The molecule has 17 nitrogen and oxygen atoms in total. The molecule has 0 bridgehead atoms. The number of carbonyl (C=O) groups excluding carboxylic acids is 4. The average Bonchev–Trinajstić information content (AvgIpc) is 0.913. The van der Waals surface area contributed by atoms with Crippen LogP contribution in [-0.2, 0) is 65.4 Å². The van der Waals surface area contributed by atoms with Crippen LogP contribution in [0, 0.1) is 17.8 Å². The monoisotopic (exact) mass is 1540 g/mol. The first-order chi connectivity index (χ1) is 50.8. The van der Waals surface area contributed by atoms with E-state index in [-0.39, 0.29) is 25.7 Å². The van der Waals surface area contributed by atoms with Crippen molar-refractivity contribution in [2.75, 3.05) is 39.6 Å². The first-order valence-electron chi connectivity index (χ1n) is 44.4. The highest BCUT2D eigenvalue weighted by Crippen LogP contribution is 2.45. The van der Waals surface area contributed by atoms with Gasteiger partial charge in [0, 0.05) is 25.7 Å². The fourth-order valence-electron chi connectivity index (χ4n) is 13.3. The number of hydrogen-bond donors (Lipinski definition) is 3. The van der Waals surface area contributed by atoms with Crippen LogP contribution in [0.5, 0.6) is 0 Å². The van der Waals surface area contributed by atoms with E-state index in [9.17, 15) is 43.2 Å². The second-order valence-electron chi connectivity index (χ2n) is 31.9. The van der Waals surface area contributed by atoms with Gasteiger partial charge in [0.25, 0.3) is 0 Å². The normalized spacial score (nSPS) is 14.4. The van der Waals surface area contributed by atoms with E-state index in [1.54, 1.807) is 0 Å². The van der Waals surface area contributed by atoms with Crippen LogP contribution >= 0.6 is 15.6 Å². The molecule has 19 heteroatoms. The summed E-state index contributed by atoms with van der Waals surface area (Å²) in [6, 6.07) is 0. The summed E-state index contributed by atoms with van der Waals surface area (Å²) in [7, 11) is -9.93. The minimum Gasteiger partial charge on any atom is -0.462 e. The van der Waals surface area contributed by atoms with E-state index in [1.165, 1.54) is 263 Å². The Balaban J connectivity index is 5.25. The van der Waals surface area contributed by atoms with E-state index in [0.717, 1.165) is 108 Å². The molecule has 0 aromatic rings. The van der Waals surface area contributed by atoms with Crippen LogP contribution in [0.15, 0.2) is 0 Å². The summed E-state index contributed by atoms with van der Waals surface area (Å²) in [6.45, 7) is 12.1. The zero-order chi connectivity index (χ0) is 77.2. The highest BCUT2D eigenvalue weighted by atomic mass is 31.2. The van der Waals surface area contributed by atoms with Crippen molar-refractivity contribution in [2.24, 2.45) is 17.8 Å². The van der Waals surface area contributed by atoms with Crippen LogP contribution in [0.3, 0.4) is 0 Å². The quantitative estimate of drug-likeness (QED) is 0.0222. The molecule has 7 atom stereocenters. The van der Waals surface area contributed by atoms with E-state index >= 15 is 0 Å². The van der Waals surface area contributed by atoms with Crippen LogP contribution in [0.4, 0.5) is 0 Å². The predicted molar refractivity (Wildman–Crippen MR) is 432 cm³/mol. The Bertz CT molecular complexity index is 2030. The van der Waals surface area contributed by atoms with Gasteiger partial charge >= 0.3 is 39.5 Å². The molecule has 0 aliphatic carbocycles. The van der Waals surface area contributed by atoms with Crippen LogP contribution in [0.25, 0.3) is 0 Å². The van der Waals surface area contributed by atoms with Crippen molar-refractivity contribution in [1.29, 1.82) is 0 Å². The number of esters is 4. The van der Waals surface area contributed by atoms with Crippen molar-refractivity contribution in [3.05, 3.63) is 0 Å². The minimum atomic E-state index is -4.97. The van der Waals surface area contributed by atoms with E-state index in [2.05, 4.69) is 48.5 Å². The Hall–Kier alpha value is -1.94. The topological polar surface area (TPSA) is 237 Å². The number of ether oxygens (including phenoxy) is 4. The molecule has 0 rings (SSSR count). The molecular formula is C86H168O17P2. The van der Waals surface area contributed by atoms with Crippen molar-refractivity contribution < 1.29 is 80.2 Å². The van der Waals surface area contributed by atoms with Crippen LogP contribution in [-0.4, -0.2) is 96.7 Å². The smallest absolute Gasteiger partial charge is 0.462 e. The second kappa shape index (κ2) is 76.1. The van der Waals surface area contributed by atoms with Gasteiger partial charge in [0.1, 0.15) is 19.3 Å². The van der Waals surface area contributed by atoms with Crippen molar-refractivity contribution in [2.45, 2.75) is 471 Å². The molecule has 0 saturated heterocycles. The van der Waals surface area contributed by atoms with Gasteiger partial charge in [0.15, 0.2) is 12.2 Å². The van der Waals surface area contributed by atoms with E-state index in [1.807, 2.05) is 0 Å². The summed E-state index contributed by atoms with van der Waals surface area (Å²) in [6.07, 6.45) is 66.5. The second-order valence-corrected chi connectivity index (χ2v) is 34.8. The summed E-state index contributed by atoms with van der Waals surface area (Å²) in [4.78, 5) is 73.2. The molecule has 0 heterocycles. The lowest BCUT2D eigenvalue weighted by Crippen LogP contribution is -2.30. The molecule has 3 N–H and O–H groups in total. The Morgan fingerprint density at radius 3 is 0.724 bits per heavy atom. The molecule has 0 aliphatic heterocycles. The fraction of sp³-hybridized carbons (Fsp3) is 0.953. The molecule has 0 radical (unpaired) electrons. The maximum atomic E-state index is 13.1. The lowest BCUT2D eigenvalue weighted by molar-refractivity contribution is -0.161. The number of carbonyl (C=O) groups is 4. The SMILES string of the molecule is CCCCCCCCCCCCCCCCCCC(=O)OC[C@H](COP(=O)(O)OC[C@@H](O)COP(=O)(O)OC[C@@H](COC(=O)CCCCCCCCCCC(C)CC)OC(=O)CCCCCCCCCCCCCCC(C)C)OC(=O)CCCCCCCCCCCCCCCCCCCCC(C)CC. The lowest BCUT2D eigenvalue weighted by Gasteiger charge is -2.21. The van der Waals surface area contributed by atoms with Crippen LogP contribution in [0.2, 0.25) is 0 Å². The van der Waals surface area contributed by atoms with E-state index in [4.69, 9.17) is 37.0 Å². The van der Waals surface area contributed by atoms with E-state index in [0.29, 0.717) is 25.7 Å². The Morgan fingerprint density at radius 2 is 0.486 bits per heavy atom. The zero-order valence-corrected chi connectivity index (χ0v) is 71.0. The van der Waals surface area contributed by atoms with E-state index < -0.39 is 97.5 Å². The zero-order valence-electron chi connectivity index (χ0n) is 69.2. The molecule has 105 heavy (non-hydrogen) atoms. The third-order valence-electron chi connectivity index (χ3n) is 20.9. The number of unbranched alkanes of at least 4 members (excludes halogenated alkanes) is 50. The molecule has 4 unspecified atom stereocenters. The Kier molecular flexibility index (Phi) is 74.7. The van der Waals surface area contributed by atoms with Gasteiger partial charge in [-0.1, -0.05) is 402 Å². The lowest BCUT2D eigenvalue weighted by atomic mass is 9.99. The minimum absolute atomic E-state index is 0.107. The maximum Gasteiger partial charge on any atom is 0.472 e. The number of aliphatic hydroxyl groups is 1. The van der Waals surface area contributed by atoms with Crippen LogP contribution < -0.4 is 0 Å². The number of rotatable bonds is 84. The van der Waals surface area contributed by atoms with Gasteiger partial charge in [-0.3, -0.25) is 37.3 Å². The first-order valence-corrected chi connectivity index (χ1v) is 47.4. The highest BCUT2D eigenvalue weighted by molar-refractivity contribution is 7.47. The van der Waals surface area contributed by atoms with Crippen molar-refractivity contribution in [1.82, 2.24) is 0 Å². The number of phosphoric ester groups is 2. The molecule has 0 aliphatic rings. The van der Waals surface area contributed by atoms with Gasteiger partial charge in [0.05, 0.1) is 26.4 Å². The first kappa shape index (κ1) is 103. The summed E-state index contributed by atoms with van der Waals surface area (Å²) < 4.78 is 68.9. The molecule has 0 spiro atoms. The Morgan fingerprint density at radius 1 is 0.276 bits per heavy atom. The summed E-state index contributed by atoms with van der Waals surface area (Å²) in [5.74, 6) is 0.321. The average molecular weight is 1540 g/mol. The maximum absolute atomic E-state index is 13.1. The summed E-state index contributed by atoms with van der Waals surface area (Å²) in [5, 5.41) is 10.7. The molecule has 0 aromatic carbocycles. The standard InChI is InChI=1S/C86H168O17P2/c1-8-11-12-13-14-15-16-17-18-24-27-33-38-46-53-60-67-83(88)96-73-81(102-85(90)69-62-55-48-39-34-28-25-22-20-19-21-23-26-32-37-44-51-58-65-78(6)9-2)75-100-104(92,93)98-71-80(87)72-99-105(94,95)101-76-82(74-97-84(89)68-61-54-47-42-41-45-52-59-66-79(7)10-3)103-86(91)70-63-56-49-40-35-30-29-31-36-43-50-57-64-77(4)5/h77-82,87H,8-76H2,1-7H3,(H,92,93)(H,94,95)/t78?,79?,80-,81-,82-/m1/s1. The number of aliphatic hydroxyl groups excluding tert-OH is 1. The highest BCUT2D eigenvalue weighted by Gasteiger charge is 2.30. The predicted octanol–water partition coefficient (Wildman–Crippen LogP) is 26.1. The van der Waals surface area contributed by atoms with Crippen LogP contribution in [0.1, 0.15) is 453 Å². The van der Waals surface area contributed by atoms with Gasteiger partial charge in [-0.2, -0.15) is 0 Å². The number of phosphoric acid groups is 2. The molecule has 0 aromatic heterocycles. The number of hydrogen-bond acceptors (Lipinski definition) is 15. The summed E-state index contributed by atoms with van der Waals surface area (Å²) >= 11 is 0. The fourth-order valence-corrected chi connectivity index (χ4v) is 14.9. The van der Waals surface area contributed by atoms with Gasteiger partial charge in [0.2, 0.25) is 0 Å². The van der Waals surface area contributed by atoms with Gasteiger partial charge in [-0.15, -0.1) is 0 Å². The molecule has 0 amide bonds.